The number of aromatic nitrogens is 2. The zero-order valence-electron chi connectivity index (χ0n) is 10.3. The van der Waals surface area contributed by atoms with Gasteiger partial charge in [-0.05, 0) is 38.5 Å². The summed E-state index contributed by atoms with van der Waals surface area (Å²) in [7, 11) is 0. The van der Waals surface area contributed by atoms with Crippen molar-refractivity contribution in [3.05, 3.63) is 18.2 Å². The summed E-state index contributed by atoms with van der Waals surface area (Å²) in [4.78, 5) is 4.35. The van der Waals surface area contributed by atoms with E-state index in [1.165, 1.54) is 6.42 Å². The van der Waals surface area contributed by atoms with E-state index < -0.39 is 5.60 Å². The molecule has 0 atom stereocenters. The molecule has 1 N–H and O–H groups in total. The molecule has 0 radical (unpaired) electrons. The summed E-state index contributed by atoms with van der Waals surface area (Å²) < 4.78 is 2.06. The van der Waals surface area contributed by atoms with Crippen LogP contribution in [0.25, 0.3) is 0 Å². The average molecular weight is 222 g/mol. The van der Waals surface area contributed by atoms with Crippen LogP contribution in [0.3, 0.4) is 0 Å². The van der Waals surface area contributed by atoms with Crippen LogP contribution in [0.15, 0.2) is 12.4 Å². The van der Waals surface area contributed by atoms with Crippen LogP contribution in [0.4, 0.5) is 0 Å². The van der Waals surface area contributed by atoms with Gasteiger partial charge in [0.15, 0.2) is 0 Å². The largest absolute Gasteiger partial charge is 0.382 e. The highest BCUT2D eigenvalue weighted by Gasteiger charge is 2.37. The Morgan fingerprint density at radius 3 is 2.69 bits per heavy atom. The second kappa shape index (κ2) is 4.58. The second-order valence-corrected chi connectivity index (χ2v) is 4.92. The Hall–Kier alpha value is -0.830. The second-order valence-electron chi connectivity index (χ2n) is 4.92. The third-order valence-corrected chi connectivity index (χ3v) is 3.98. The summed E-state index contributed by atoms with van der Waals surface area (Å²) in [5.74, 6) is 1.66. The van der Waals surface area contributed by atoms with Gasteiger partial charge in [0.25, 0.3) is 0 Å². The van der Waals surface area contributed by atoms with E-state index >= 15 is 0 Å². The SMILES string of the molecule is CCC1CCC(O)(c2nccn2CC)CC1. The zero-order chi connectivity index (χ0) is 11.6. The molecule has 0 amide bonds. The molecule has 1 aromatic heterocycles. The number of rotatable bonds is 3. The van der Waals surface area contributed by atoms with Crippen LogP contribution in [-0.2, 0) is 12.1 Å². The van der Waals surface area contributed by atoms with Crippen molar-refractivity contribution < 1.29 is 5.11 Å². The summed E-state index contributed by atoms with van der Waals surface area (Å²) in [6, 6.07) is 0. The maximum atomic E-state index is 10.7. The molecule has 0 aliphatic heterocycles. The fourth-order valence-electron chi connectivity index (χ4n) is 2.76. The molecule has 1 aromatic rings. The monoisotopic (exact) mass is 222 g/mol. The molecule has 3 heteroatoms. The van der Waals surface area contributed by atoms with Crippen molar-refractivity contribution >= 4 is 0 Å². The van der Waals surface area contributed by atoms with Crippen LogP contribution in [0.1, 0.15) is 51.8 Å². The average Bonchev–Trinajstić information content (AvgIpc) is 2.79. The summed E-state index contributed by atoms with van der Waals surface area (Å²) in [6.07, 6.45) is 8.97. The van der Waals surface area contributed by atoms with E-state index in [1.54, 1.807) is 6.20 Å². The van der Waals surface area contributed by atoms with Gasteiger partial charge < -0.3 is 9.67 Å². The first kappa shape index (κ1) is 11.6. The summed E-state index contributed by atoms with van der Waals surface area (Å²) >= 11 is 0. The minimum absolute atomic E-state index is 0.675. The lowest BCUT2D eigenvalue weighted by Gasteiger charge is -2.35. The van der Waals surface area contributed by atoms with Crippen molar-refractivity contribution in [3.63, 3.8) is 0 Å². The molecule has 1 saturated carbocycles. The molecule has 90 valence electrons. The van der Waals surface area contributed by atoms with Crippen LogP contribution in [-0.4, -0.2) is 14.7 Å². The Morgan fingerprint density at radius 1 is 1.44 bits per heavy atom. The lowest BCUT2D eigenvalue weighted by atomic mass is 9.77. The van der Waals surface area contributed by atoms with Crippen molar-refractivity contribution in [1.82, 2.24) is 9.55 Å². The maximum absolute atomic E-state index is 10.7. The van der Waals surface area contributed by atoms with Crippen LogP contribution in [0.5, 0.6) is 0 Å². The molecule has 1 heterocycles. The van der Waals surface area contributed by atoms with Gasteiger partial charge in [-0.3, -0.25) is 0 Å². The molecule has 0 aromatic carbocycles. The lowest BCUT2D eigenvalue weighted by molar-refractivity contribution is -0.0249. The zero-order valence-corrected chi connectivity index (χ0v) is 10.3. The van der Waals surface area contributed by atoms with Gasteiger partial charge >= 0.3 is 0 Å². The van der Waals surface area contributed by atoms with Gasteiger partial charge in [-0.1, -0.05) is 13.3 Å². The summed E-state index contributed by atoms with van der Waals surface area (Å²) in [6.45, 7) is 5.21. The Balaban J connectivity index is 2.14. The summed E-state index contributed by atoms with van der Waals surface area (Å²) in [5.41, 5.74) is -0.675. The molecule has 0 unspecified atom stereocenters. The van der Waals surface area contributed by atoms with Gasteiger partial charge in [0.1, 0.15) is 11.4 Å². The highest BCUT2D eigenvalue weighted by Crippen LogP contribution is 2.39. The molecule has 2 rings (SSSR count). The van der Waals surface area contributed by atoms with Crippen LogP contribution in [0.2, 0.25) is 0 Å². The number of hydrogen-bond acceptors (Lipinski definition) is 2. The minimum Gasteiger partial charge on any atom is -0.382 e. The Morgan fingerprint density at radius 2 is 2.12 bits per heavy atom. The van der Waals surface area contributed by atoms with Crippen molar-refractivity contribution in [2.24, 2.45) is 5.92 Å². The Labute approximate surface area is 97.5 Å². The van der Waals surface area contributed by atoms with Gasteiger partial charge in [-0.25, -0.2) is 4.98 Å². The Bertz CT molecular complexity index is 337. The number of aliphatic hydroxyl groups is 1. The standard InChI is InChI=1S/C13H22N2O/c1-3-11-5-7-13(16,8-6-11)12-14-9-10-15(12)4-2/h9-11,16H,3-8H2,1-2H3. The first-order chi connectivity index (χ1) is 7.69. The molecule has 3 nitrogen and oxygen atoms in total. The third-order valence-electron chi connectivity index (χ3n) is 3.98. The van der Waals surface area contributed by atoms with Crippen molar-refractivity contribution in [2.75, 3.05) is 0 Å². The van der Waals surface area contributed by atoms with Crippen molar-refractivity contribution in [3.8, 4) is 0 Å². The third kappa shape index (κ3) is 2.01. The van der Waals surface area contributed by atoms with Crippen molar-refractivity contribution in [1.29, 1.82) is 0 Å². The number of aryl methyl sites for hydroxylation is 1. The number of hydrogen-bond donors (Lipinski definition) is 1. The van der Waals surface area contributed by atoms with E-state index in [-0.39, 0.29) is 0 Å². The van der Waals surface area contributed by atoms with E-state index in [4.69, 9.17) is 0 Å². The van der Waals surface area contributed by atoms with Gasteiger partial charge in [-0.15, -0.1) is 0 Å². The van der Waals surface area contributed by atoms with Gasteiger partial charge in [0.2, 0.25) is 0 Å². The molecular formula is C13H22N2O. The smallest absolute Gasteiger partial charge is 0.140 e. The van der Waals surface area contributed by atoms with E-state index in [0.717, 1.165) is 44.0 Å². The van der Waals surface area contributed by atoms with Crippen LogP contribution < -0.4 is 0 Å². The van der Waals surface area contributed by atoms with E-state index in [1.807, 2.05) is 6.20 Å². The number of imidazole rings is 1. The highest BCUT2D eigenvalue weighted by atomic mass is 16.3. The normalized spacial score (nSPS) is 30.6. The molecule has 0 spiro atoms. The van der Waals surface area contributed by atoms with E-state index in [2.05, 4.69) is 23.4 Å². The van der Waals surface area contributed by atoms with Gasteiger partial charge in [0, 0.05) is 18.9 Å². The fourth-order valence-corrected chi connectivity index (χ4v) is 2.76. The summed E-state index contributed by atoms with van der Waals surface area (Å²) in [5, 5.41) is 10.7. The van der Waals surface area contributed by atoms with Crippen molar-refractivity contribution in [2.45, 2.75) is 58.1 Å². The molecular weight excluding hydrogens is 200 g/mol. The van der Waals surface area contributed by atoms with Crippen LogP contribution >= 0.6 is 0 Å². The molecule has 0 bridgehead atoms. The molecule has 0 saturated heterocycles. The molecule has 1 aliphatic carbocycles. The maximum Gasteiger partial charge on any atom is 0.140 e. The molecule has 1 fully saturated rings. The predicted molar refractivity (Wildman–Crippen MR) is 64.0 cm³/mol. The Kier molecular flexibility index (Phi) is 3.33. The first-order valence-corrected chi connectivity index (χ1v) is 6.43. The predicted octanol–water partition coefficient (Wildman–Crippen LogP) is 2.69. The van der Waals surface area contributed by atoms with Gasteiger partial charge in [-0.2, -0.15) is 0 Å². The molecule has 16 heavy (non-hydrogen) atoms. The van der Waals surface area contributed by atoms with E-state index in [0.29, 0.717) is 0 Å². The van der Waals surface area contributed by atoms with Crippen LogP contribution in [0, 0.1) is 5.92 Å². The number of nitrogens with zero attached hydrogens (tertiary/aromatic N) is 2. The minimum atomic E-state index is -0.675. The quantitative estimate of drug-likeness (QED) is 0.854. The molecule has 1 aliphatic rings. The topological polar surface area (TPSA) is 38.1 Å². The fraction of sp³-hybridized carbons (Fsp3) is 0.769. The first-order valence-electron chi connectivity index (χ1n) is 6.43. The lowest BCUT2D eigenvalue weighted by Crippen LogP contribution is -2.34. The van der Waals surface area contributed by atoms with E-state index in [9.17, 15) is 5.11 Å². The highest BCUT2D eigenvalue weighted by molar-refractivity contribution is 5.06. The van der Waals surface area contributed by atoms with Gasteiger partial charge in [0.05, 0.1) is 0 Å².